The molecule has 1 aliphatic heterocycles. The number of benzene rings is 1. The number of aromatic nitrogens is 8. The number of nitrogens with zero attached hydrogens (tertiary/aromatic N) is 7. The number of aromatic amines is 1. The Kier molecular flexibility index (Phi) is 4.18. The van der Waals surface area contributed by atoms with E-state index in [1.54, 1.807) is 32.4 Å². The number of hydrogen-bond donors (Lipinski definition) is 1. The molecule has 5 heterocycles. The Bertz CT molecular complexity index is 1520. The molecule has 162 valence electrons. The maximum absolute atomic E-state index is 14.0. The van der Waals surface area contributed by atoms with Gasteiger partial charge in [-0.25, -0.2) is 19.2 Å². The molecule has 5 aromatic rings. The SMILES string of the molecule is Cn1cc(-c2nc(-n3cnc4ccc(F)cc43)nc3c2[nH]c(=O)n3C2CCOCC2)cn1. The quantitative estimate of drug-likeness (QED) is 0.467. The minimum Gasteiger partial charge on any atom is -0.381 e. The molecule has 11 heteroatoms. The maximum atomic E-state index is 14.0. The molecule has 1 fully saturated rings. The van der Waals surface area contributed by atoms with Gasteiger partial charge in [-0.15, -0.1) is 0 Å². The predicted molar refractivity (Wildman–Crippen MR) is 114 cm³/mol. The van der Waals surface area contributed by atoms with Crippen molar-refractivity contribution >= 4 is 22.2 Å². The van der Waals surface area contributed by atoms with Gasteiger partial charge in [-0.3, -0.25) is 13.8 Å². The first-order valence-electron chi connectivity index (χ1n) is 10.3. The lowest BCUT2D eigenvalue weighted by molar-refractivity contribution is 0.0697. The van der Waals surface area contributed by atoms with Crippen molar-refractivity contribution in [3.63, 3.8) is 0 Å². The second kappa shape index (κ2) is 7.09. The minimum atomic E-state index is -0.381. The number of rotatable bonds is 3. The largest absolute Gasteiger partial charge is 0.381 e. The maximum Gasteiger partial charge on any atom is 0.327 e. The summed E-state index contributed by atoms with van der Waals surface area (Å²) in [5.41, 5.74) is 3.21. The molecule has 1 saturated heterocycles. The highest BCUT2D eigenvalue weighted by Crippen LogP contribution is 2.29. The van der Waals surface area contributed by atoms with Crippen LogP contribution < -0.4 is 5.69 Å². The fourth-order valence-corrected chi connectivity index (χ4v) is 4.27. The average molecular weight is 434 g/mol. The molecule has 32 heavy (non-hydrogen) atoms. The van der Waals surface area contributed by atoms with Gasteiger partial charge in [0.2, 0.25) is 5.95 Å². The van der Waals surface area contributed by atoms with E-state index in [0.29, 0.717) is 59.9 Å². The molecule has 0 bridgehead atoms. The molecular formula is C21H19FN8O2. The summed E-state index contributed by atoms with van der Waals surface area (Å²) in [6.07, 6.45) is 6.49. The van der Waals surface area contributed by atoms with Crippen molar-refractivity contribution in [3.8, 4) is 17.2 Å². The number of H-pyrrole nitrogens is 1. The Hall–Kier alpha value is -3.86. The van der Waals surface area contributed by atoms with Crippen molar-refractivity contribution in [1.82, 2.24) is 38.9 Å². The third-order valence-electron chi connectivity index (χ3n) is 5.82. The fourth-order valence-electron chi connectivity index (χ4n) is 4.27. The molecule has 0 aliphatic carbocycles. The van der Waals surface area contributed by atoms with Crippen molar-refractivity contribution in [2.75, 3.05) is 13.2 Å². The monoisotopic (exact) mass is 434 g/mol. The van der Waals surface area contributed by atoms with Gasteiger partial charge in [0, 0.05) is 44.1 Å². The third kappa shape index (κ3) is 2.93. The topological polar surface area (TPSA) is 108 Å². The minimum absolute atomic E-state index is 0.0357. The normalized spacial score (nSPS) is 15.2. The number of hydrogen-bond acceptors (Lipinski definition) is 6. The average Bonchev–Trinajstić information content (AvgIpc) is 3.49. The summed E-state index contributed by atoms with van der Waals surface area (Å²) in [5, 5.41) is 4.25. The first-order chi connectivity index (χ1) is 15.6. The lowest BCUT2D eigenvalue weighted by Crippen LogP contribution is -2.27. The van der Waals surface area contributed by atoms with Crippen LogP contribution in [0, 0.1) is 5.82 Å². The van der Waals surface area contributed by atoms with E-state index in [-0.39, 0.29) is 17.5 Å². The lowest BCUT2D eigenvalue weighted by atomic mass is 10.1. The smallest absolute Gasteiger partial charge is 0.327 e. The van der Waals surface area contributed by atoms with E-state index in [2.05, 4.69) is 15.1 Å². The molecule has 0 atom stereocenters. The van der Waals surface area contributed by atoms with E-state index in [9.17, 15) is 9.18 Å². The summed E-state index contributed by atoms with van der Waals surface area (Å²) in [6.45, 7) is 1.17. The van der Waals surface area contributed by atoms with Gasteiger partial charge in [-0.05, 0) is 25.0 Å². The summed E-state index contributed by atoms with van der Waals surface area (Å²) in [5.74, 6) is -0.0853. The van der Waals surface area contributed by atoms with Gasteiger partial charge in [0.15, 0.2) is 5.65 Å². The summed E-state index contributed by atoms with van der Waals surface area (Å²) >= 11 is 0. The predicted octanol–water partition coefficient (Wildman–Crippen LogP) is 2.35. The molecule has 0 amide bonds. The van der Waals surface area contributed by atoms with Crippen molar-refractivity contribution in [1.29, 1.82) is 0 Å². The summed E-state index contributed by atoms with van der Waals surface area (Å²) in [4.78, 5) is 29.8. The van der Waals surface area contributed by atoms with E-state index in [1.165, 1.54) is 12.1 Å². The van der Waals surface area contributed by atoms with Crippen molar-refractivity contribution in [2.24, 2.45) is 7.05 Å². The van der Waals surface area contributed by atoms with Crippen LogP contribution in [0.2, 0.25) is 0 Å². The zero-order chi connectivity index (χ0) is 21.8. The molecule has 0 radical (unpaired) electrons. The van der Waals surface area contributed by atoms with E-state index >= 15 is 0 Å². The van der Waals surface area contributed by atoms with Crippen molar-refractivity contribution in [3.05, 3.63) is 53.2 Å². The Balaban J connectivity index is 1.65. The van der Waals surface area contributed by atoms with Crippen LogP contribution in [0.5, 0.6) is 0 Å². The molecule has 0 spiro atoms. The van der Waals surface area contributed by atoms with Crippen LogP contribution in [0.15, 0.2) is 41.7 Å². The Morgan fingerprint density at radius 1 is 1.22 bits per heavy atom. The Labute approximate surface area is 180 Å². The molecule has 1 aliphatic rings. The molecule has 4 aromatic heterocycles. The lowest BCUT2D eigenvalue weighted by Gasteiger charge is -2.23. The first-order valence-corrected chi connectivity index (χ1v) is 10.3. The van der Waals surface area contributed by atoms with E-state index < -0.39 is 0 Å². The van der Waals surface area contributed by atoms with Crippen molar-refractivity contribution < 1.29 is 9.13 Å². The first kappa shape index (κ1) is 18.9. The van der Waals surface area contributed by atoms with E-state index in [1.807, 2.05) is 13.2 Å². The van der Waals surface area contributed by atoms with Crippen LogP contribution in [0.25, 0.3) is 39.4 Å². The van der Waals surface area contributed by atoms with Gasteiger partial charge in [0.05, 0.1) is 17.2 Å². The number of fused-ring (bicyclic) bond motifs is 2. The number of ether oxygens (including phenoxy) is 1. The second-order valence-electron chi connectivity index (χ2n) is 7.86. The molecular weight excluding hydrogens is 415 g/mol. The third-order valence-corrected chi connectivity index (χ3v) is 5.82. The molecule has 0 unspecified atom stereocenters. The van der Waals surface area contributed by atoms with Crippen LogP contribution in [0.3, 0.4) is 0 Å². The number of imidazole rings is 2. The zero-order valence-electron chi connectivity index (χ0n) is 17.2. The van der Waals surface area contributed by atoms with Gasteiger partial charge in [-0.1, -0.05) is 0 Å². The Morgan fingerprint density at radius 3 is 2.84 bits per heavy atom. The van der Waals surface area contributed by atoms with Crippen LogP contribution in [-0.2, 0) is 11.8 Å². The molecule has 10 nitrogen and oxygen atoms in total. The van der Waals surface area contributed by atoms with Crippen LogP contribution in [0.1, 0.15) is 18.9 Å². The standard InChI is InChI=1S/C21H19FN8O2/c1-28-10-12(9-24-28)17-18-19(30(21(31)26-18)14-4-6-32-7-5-14)27-20(25-17)29-11-23-15-3-2-13(22)8-16(15)29/h2-3,8-11,14H,4-7H2,1H3,(H,26,31). The zero-order valence-corrected chi connectivity index (χ0v) is 17.2. The highest BCUT2D eigenvalue weighted by molar-refractivity contribution is 5.88. The Morgan fingerprint density at radius 2 is 2.06 bits per heavy atom. The highest BCUT2D eigenvalue weighted by Gasteiger charge is 2.25. The van der Waals surface area contributed by atoms with E-state index in [0.717, 1.165) is 5.56 Å². The molecule has 0 saturated carbocycles. The fraction of sp³-hybridized carbons (Fsp3) is 0.286. The molecule has 1 aromatic carbocycles. The van der Waals surface area contributed by atoms with Gasteiger partial charge in [0.1, 0.15) is 23.4 Å². The summed E-state index contributed by atoms with van der Waals surface area (Å²) in [7, 11) is 1.81. The highest BCUT2D eigenvalue weighted by atomic mass is 19.1. The van der Waals surface area contributed by atoms with Gasteiger partial charge < -0.3 is 9.72 Å². The van der Waals surface area contributed by atoms with Crippen molar-refractivity contribution in [2.45, 2.75) is 18.9 Å². The second-order valence-corrected chi connectivity index (χ2v) is 7.86. The number of aryl methyl sites for hydroxylation is 1. The number of halogens is 1. The van der Waals surface area contributed by atoms with Crippen LogP contribution in [-0.4, -0.2) is 52.1 Å². The number of nitrogens with one attached hydrogen (secondary N) is 1. The van der Waals surface area contributed by atoms with Gasteiger partial charge >= 0.3 is 5.69 Å². The molecule has 6 rings (SSSR count). The molecule has 1 N–H and O–H groups in total. The summed E-state index contributed by atoms with van der Waals surface area (Å²) in [6, 6.07) is 4.32. The van der Waals surface area contributed by atoms with Gasteiger partial charge in [0.25, 0.3) is 0 Å². The van der Waals surface area contributed by atoms with Crippen LogP contribution >= 0.6 is 0 Å². The van der Waals surface area contributed by atoms with E-state index in [4.69, 9.17) is 14.7 Å². The summed E-state index contributed by atoms with van der Waals surface area (Å²) < 4.78 is 24.4. The van der Waals surface area contributed by atoms with Crippen LogP contribution in [0.4, 0.5) is 4.39 Å². The van der Waals surface area contributed by atoms with Gasteiger partial charge in [-0.2, -0.15) is 10.1 Å².